The van der Waals surface area contributed by atoms with Crippen LogP contribution < -0.4 is 0 Å². The molecule has 1 heterocycles. The second kappa shape index (κ2) is 5.07. The molecule has 1 aromatic heterocycles. The normalized spacial score (nSPS) is 10.2. The molecule has 0 amide bonds. The van der Waals surface area contributed by atoms with E-state index in [9.17, 15) is 0 Å². The zero-order chi connectivity index (χ0) is 9.52. The van der Waals surface area contributed by atoms with E-state index < -0.39 is 0 Å². The highest BCUT2D eigenvalue weighted by Crippen LogP contribution is 2.02. The Hall–Kier alpha value is -1.66. The van der Waals surface area contributed by atoms with Crippen LogP contribution in [0.4, 0.5) is 0 Å². The van der Waals surface area contributed by atoms with Crippen molar-refractivity contribution in [3.63, 3.8) is 0 Å². The predicted octanol–water partition coefficient (Wildman–Crippen LogP) is 1.35. The van der Waals surface area contributed by atoms with Crippen LogP contribution >= 0.6 is 0 Å². The first-order chi connectivity index (χ1) is 6.36. The fraction of sp³-hybridized carbons (Fsp3) is 0.200. The molecule has 1 aromatic rings. The van der Waals surface area contributed by atoms with E-state index in [1.165, 1.54) is 0 Å². The van der Waals surface area contributed by atoms with Gasteiger partial charge in [0.05, 0.1) is 17.3 Å². The average Bonchev–Trinajstić information content (AvgIpc) is 2.19. The molecule has 66 valence electrons. The Morgan fingerprint density at radius 2 is 2.46 bits per heavy atom. The summed E-state index contributed by atoms with van der Waals surface area (Å²) in [4.78, 5) is 4.04. The summed E-state index contributed by atoms with van der Waals surface area (Å²) in [7, 11) is 0. The van der Waals surface area contributed by atoms with Crippen LogP contribution in [-0.2, 0) is 0 Å². The van der Waals surface area contributed by atoms with Crippen molar-refractivity contribution >= 4 is 6.08 Å². The number of nitrogens with zero attached hydrogens (tertiary/aromatic N) is 2. The Morgan fingerprint density at radius 1 is 1.62 bits per heavy atom. The Labute approximate surface area is 77.0 Å². The Morgan fingerprint density at radius 3 is 3.15 bits per heavy atom. The fourth-order valence-corrected chi connectivity index (χ4v) is 0.888. The first-order valence-electron chi connectivity index (χ1n) is 4.00. The van der Waals surface area contributed by atoms with E-state index in [2.05, 4.69) is 4.98 Å². The van der Waals surface area contributed by atoms with Gasteiger partial charge in [0.2, 0.25) is 0 Å². The topological polar surface area (TPSA) is 56.9 Å². The first kappa shape index (κ1) is 9.43. The number of pyridine rings is 1. The zero-order valence-electron chi connectivity index (χ0n) is 7.14. The monoisotopic (exact) mass is 174 g/mol. The van der Waals surface area contributed by atoms with Crippen LogP contribution in [0.25, 0.3) is 6.08 Å². The van der Waals surface area contributed by atoms with E-state index in [1.54, 1.807) is 24.4 Å². The molecule has 0 aliphatic heterocycles. The standard InChI is InChI=1S/C10H10N2O/c11-8-9-4-5-12-10(7-9)3-1-2-6-13/h1,3-5,7,13H,2,6H2. The number of rotatable bonds is 3. The second-order valence-electron chi connectivity index (χ2n) is 2.50. The highest BCUT2D eigenvalue weighted by Gasteiger charge is 1.91. The summed E-state index contributed by atoms with van der Waals surface area (Å²) < 4.78 is 0. The lowest BCUT2D eigenvalue weighted by molar-refractivity contribution is 0.303. The smallest absolute Gasteiger partial charge is 0.0992 e. The number of hydrogen-bond donors (Lipinski definition) is 1. The Balaban J connectivity index is 2.73. The molecule has 0 saturated heterocycles. The summed E-state index contributed by atoms with van der Waals surface area (Å²) in [5, 5.41) is 17.1. The van der Waals surface area contributed by atoms with Gasteiger partial charge in [-0.05, 0) is 24.6 Å². The lowest BCUT2D eigenvalue weighted by Gasteiger charge is -1.92. The molecule has 3 nitrogen and oxygen atoms in total. The lowest BCUT2D eigenvalue weighted by atomic mass is 10.2. The molecule has 0 saturated carbocycles. The van der Waals surface area contributed by atoms with Crippen molar-refractivity contribution in [1.29, 1.82) is 5.26 Å². The Bertz CT molecular complexity index is 339. The molecule has 3 heteroatoms. The van der Waals surface area contributed by atoms with E-state index in [-0.39, 0.29) is 6.61 Å². The number of aromatic nitrogens is 1. The molecule has 1 N–H and O–H groups in total. The average molecular weight is 174 g/mol. The van der Waals surface area contributed by atoms with Gasteiger partial charge < -0.3 is 5.11 Å². The van der Waals surface area contributed by atoms with Gasteiger partial charge in [-0.1, -0.05) is 6.08 Å². The van der Waals surface area contributed by atoms with Gasteiger partial charge in [-0.2, -0.15) is 5.26 Å². The van der Waals surface area contributed by atoms with E-state index in [0.717, 1.165) is 5.69 Å². The van der Waals surface area contributed by atoms with Crippen molar-refractivity contribution in [2.45, 2.75) is 6.42 Å². The fourth-order valence-electron chi connectivity index (χ4n) is 0.888. The third-order valence-corrected chi connectivity index (χ3v) is 1.49. The van der Waals surface area contributed by atoms with Gasteiger partial charge in [0.25, 0.3) is 0 Å². The van der Waals surface area contributed by atoms with Crippen LogP contribution in [0, 0.1) is 11.3 Å². The van der Waals surface area contributed by atoms with Crippen molar-refractivity contribution in [3.8, 4) is 6.07 Å². The summed E-state index contributed by atoms with van der Waals surface area (Å²) in [6, 6.07) is 5.39. The molecule has 13 heavy (non-hydrogen) atoms. The summed E-state index contributed by atoms with van der Waals surface area (Å²) >= 11 is 0. The van der Waals surface area contributed by atoms with E-state index in [4.69, 9.17) is 10.4 Å². The van der Waals surface area contributed by atoms with Gasteiger partial charge in [-0.25, -0.2) is 0 Å². The van der Waals surface area contributed by atoms with Gasteiger partial charge in [-0.15, -0.1) is 0 Å². The number of aliphatic hydroxyl groups excluding tert-OH is 1. The van der Waals surface area contributed by atoms with Crippen molar-refractivity contribution in [2.75, 3.05) is 6.61 Å². The molecule has 1 rings (SSSR count). The van der Waals surface area contributed by atoms with Gasteiger partial charge in [0.15, 0.2) is 0 Å². The lowest BCUT2D eigenvalue weighted by Crippen LogP contribution is -1.82. The van der Waals surface area contributed by atoms with Crippen LogP contribution in [0.2, 0.25) is 0 Å². The molecule has 0 aliphatic carbocycles. The van der Waals surface area contributed by atoms with Crippen LogP contribution in [0.3, 0.4) is 0 Å². The van der Waals surface area contributed by atoms with Gasteiger partial charge in [0, 0.05) is 12.8 Å². The van der Waals surface area contributed by atoms with Crippen LogP contribution in [0.5, 0.6) is 0 Å². The first-order valence-corrected chi connectivity index (χ1v) is 4.00. The SMILES string of the molecule is N#Cc1ccnc(C=CCCO)c1. The maximum absolute atomic E-state index is 8.59. The van der Waals surface area contributed by atoms with Crippen molar-refractivity contribution in [3.05, 3.63) is 35.7 Å². The number of nitriles is 1. The number of aliphatic hydroxyl groups is 1. The summed E-state index contributed by atoms with van der Waals surface area (Å²) in [6.45, 7) is 0.133. The van der Waals surface area contributed by atoms with E-state index >= 15 is 0 Å². The third-order valence-electron chi connectivity index (χ3n) is 1.49. The van der Waals surface area contributed by atoms with Crippen molar-refractivity contribution in [2.24, 2.45) is 0 Å². The number of hydrogen-bond acceptors (Lipinski definition) is 3. The largest absolute Gasteiger partial charge is 0.396 e. The Kier molecular flexibility index (Phi) is 3.68. The zero-order valence-corrected chi connectivity index (χ0v) is 7.14. The minimum atomic E-state index is 0.133. The summed E-state index contributed by atoms with van der Waals surface area (Å²) in [5.74, 6) is 0. The van der Waals surface area contributed by atoms with Gasteiger partial charge >= 0.3 is 0 Å². The molecule has 0 radical (unpaired) electrons. The van der Waals surface area contributed by atoms with Gasteiger partial charge in [0.1, 0.15) is 0 Å². The minimum absolute atomic E-state index is 0.133. The molecule has 0 unspecified atom stereocenters. The van der Waals surface area contributed by atoms with E-state index in [1.807, 2.05) is 12.1 Å². The third kappa shape index (κ3) is 3.06. The summed E-state index contributed by atoms with van der Waals surface area (Å²) in [5.41, 5.74) is 1.34. The second-order valence-corrected chi connectivity index (χ2v) is 2.50. The van der Waals surface area contributed by atoms with Crippen molar-refractivity contribution in [1.82, 2.24) is 4.98 Å². The van der Waals surface area contributed by atoms with Crippen LogP contribution in [0.15, 0.2) is 24.4 Å². The predicted molar refractivity (Wildman–Crippen MR) is 49.7 cm³/mol. The molecule has 0 spiro atoms. The molecule has 0 atom stereocenters. The summed E-state index contributed by atoms with van der Waals surface area (Å²) in [6.07, 6.45) is 5.82. The highest BCUT2D eigenvalue weighted by molar-refractivity contribution is 5.47. The highest BCUT2D eigenvalue weighted by atomic mass is 16.2. The van der Waals surface area contributed by atoms with E-state index in [0.29, 0.717) is 12.0 Å². The van der Waals surface area contributed by atoms with Crippen LogP contribution in [-0.4, -0.2) is 16.7 Å². The molecular formula is C10H10N2O. The van der Waals surface area contributed by atoms with Gasteiger partial charge in [-0.3, -0.25) is 4.98 Å². The molecule has 0 aliphatic rings. The molecule has 0 bridgehead atoms. The quantitative estimate of drug-likeness (QED) is 0.752. The minimum Gasteiger partial charge on any atom is -0.396 e. The van der Waals surface area contributed by atoms with Crippen molar-refractivity contribution < 1.29 is 5.11 Å². The molecule has 0 fully saturated rings. The van der Waals surface area contributed by atoms with Crippen LogP contribution in [0.1, 0.15) is 17.7 Å². The molecular weight excluding hydrogens is 164 g/mol. The maximum atomic E-state index is 8.59. The maximum Gasteiger partial charge on any atom is 0.0992 e. The molecule has 0 aromatic carbocycles.